The van der Waals surface area contributed by atoms with Crippen molar-refractivity contribution in [3.05, 3.63) is 47.2 Å². The van der Waals surface area contributed by atoms with Crippen molar-refractivity contribution >= 4 is 34.4 Å². The van der Waals surface area contributed by atoms with Gasteiger partial charge in [-0.25, -0.2) is 4.39 Å². The van der Waals surface area contributed by atoms with Crippen LogP contribution in [0.1, 0.15) is 0 Å². The number of nitrogens with two attached hydrogens (primary N) is 2. The van der Waals surface area contributed by atoms with E-state index in [1.54, 1.807) is 12.1 Å². The molecule has 88 valence electrons. The predicted octanol–water partition coefficient (Wildman–Crippen LogP) is 3.39. The van der Waals surface area contributed by atoms with E-state index in [9.17, 15) is 4.39 Å². The number of nitrogen functional groups attached to an aromatic ring is 2. The molecule has 2 aromatic rings. The second-order valence-corrected chi connectivity index (χ2v) is 3.93. The molecular weight excluding hydrogens is 241 g/mol. The van der Waals surface area contributed by atoms with Crippen LogP contribution in [0.2, 0.25) is 5.02 Å². The number of halogens is 2. The second kappa shape index (κ2) is 4.51. The van der Waals surface area contributed by atoms with E-state index in [1.165, 1.54) is 6.07 Å². The first kappa shape index (κ1) is 11.5. The highest BCUT2D eigenvalue weighted by atomic mass is 35.5. The van der Waals surface area contributed by atoms with Gasteiger partial charge in [-0.15, -0.1) is 0 Å². The van der Waals surface area contributed by atoms with E-state index in [2.05, 4.69) is 5.32 Å². The predicted molar refractivity (Wildman–Crippen MR) is 70.0 cm³/mol. The third-order valence-electron chi connectivity index (χ3n) is 2.31. The number of hydrogen-bond acceptors (Lipinski definition) is 3. The molecule has 0 atom stereocenters. The topological polar surface area (TPSA) is 64.1 Å². The lowest BCUT2D eigenvalue weighted by Crippen LogP contribution is -2.02. The smallest absolute Gasteiger partial charge is 0.169 e. The van der Waals surface area contributed by atoms with Crippen LogP contribution in [0.25, 0.3) is 0 Å². The maximum atomic E-state index is 13.9. The zero-order chi connectivity index (χ0) is 12.4. The molecule has 2 aromatic carbocycles. The third-order valence-corrected chi connectivity index (χ3v) is 2.69. The van der Waals surface area contributed by atoms with E-state index in [4.69, 9.17) is 23.1 Å². The van der Waals surface area contributed by atoms with Gasteiger partial charge in [0.1, 0.15) is 5.02 Å². The summed E-state index contributed by atoms with van der Waals surface area (Å²) in [5.74, 6) is -0.645. The van der Waals surface area contributed by atoms with Gasteiger partial charge in [0.15, 0.2) is 5.82 Å². The lowest BCUT2D eigenvalue weighted by atomic mass is 10.2. The fraction of sp³-hybridized carbons (Fsp3) is 0. The van der Waals surface area contributed by atoms with Gasteiger partial charge in [-0.1, -0.05) is 29.8 Å². The molecule has 0 aromatic heterocycles. The summed E-state index contributed by atoms with van der Waals surface area (Å²) in [5.41, 5.74) is 12.4. The summed E-state index contributed by atoms with van der Waals surface area (Å²) in [5, 5.41) is 2.74. The zero-order valence-corrected chi connectivity index (χ0v) is 9.63. The maximum absolute atomic E-state index is 13.9. The summed E-state index contributed by atoms with van der Waals surface area (Å²) in [6, 6.07) is 10.5. The van der Waals surface area contributed by atoms with Gasteiger partial charge in [0.2, 0.25) is 0 Å². The molecule has 0 bridgehead atoms. The number of benzene rings is 2. The Bertz CT molecular complexity index is 543. The fourth-order valence-electron chi connectivity index (χ4n) is 1.46. The van der Waals surface area contributed by atoms with Gasteiger partial charge in [0, 0.05) is 5.69 Å². The van der Waals surface area contributed by atoms with Gasteiger partial charge in [-0.05, 0) is 18.2 Å². The van der Waals surface area contributed by atoms with E-state index < -0.39 is 5.82 Å². The van der Waals surface area contributed by atoms with Gasteiger partial charge < -0.3 is 16.8 Å². The normalized spacial score (nSPS) is 10.2. The molecule has 17 heavy (non-hydrogen) atoms. The Morgan fingerprint density at radius 1 is 1.06 bits per heavy atom. The van der Waals surface area contributed by atoms with Crippen LogP contribution in [0, 0.1) is 5.82 Å². The highest BCUT2D eigenvalue weighted by molar-refractivity contribution is 6.33. The highest BCUT2D eigenvalue weighted by Crippen LogP contribution is 2.35. The van der Waals surface area contributed by atoms with E-state index in [0.29, 0.717) is 0 Å². The minimum Gasteiger partial charge on any atom is -0.397 e. The lowest BCUT2D eigenvalue weighted by molar-refractivity contribution is 0.633. The quantitative estimate of drug-likeness (QED) is 0.717. The molecule has 0 heterocycles. The Balaban J connectivity index is 2.43. The van der Waals surface area contributed by atoms with Crippen LogP contribution < -0.4 is 16.8 Å². The van der Waals surface area contributed by atoms with Crippen molar-refractivity contribution in [2.45, 2.75) is 0 Å². The van der Waals surface area contributed by atoms with E-state index in [-0.39, 0.29) is 22.1 Å². The Morgan fingerprint density at radius 2 is 1.71 bits per heavy atom. The summed E-state index contributed by atoms with van der Waals surface area (Å²) < 4.78 is 13.9. The molecule has 5 N–H and O–H groups in total. The first-order valence-electron chi connectivity index (χ1n) is 4.94. The number of nitrogens with one attached hydrogen (secondary N) is 1. The van der Waals surface area contributed by atoms with Crippen molar-refractivity contribution in [2.24, 2.45) is 0 Å². The summed E-state index contributed by atoms with van der Waals surface area (Å²) in [7, 11) is 0. The summed E-state index contributed by atoms with van der Waals surface area (Å²) in [6.45, 7) is 0. The molecule has 0 saturated carbocycles. The molecule has 0 aliphatic rings. The van der Waals surface area contributed by atoms with Crippen LogP contribution >= 0.6 is 11.6 Å². The average molecular weight is 252 g/mol. The van der Waals surface area contributed by atoms with Gasteiger partial charge in [0.25, 0.3) is 0 Å². The number of hydrogen-bond donors (Lipinski definition) is 3. The van der Waals surface area contributed by atoms with E-state index >= 15 is 0 Å². The van der Waals surface area contributed by atoms with Crippen LogP contribution in [0.15, 0.2) is 36.4 Å². The minimum atomic E-state index is -0.645. The summed E-state index contributed by atoms with van der Waals surface area (Å²) >= 11 is 5.73. The standard InChI is InChI=1S/C12H11ClFN3/c13-10-8(15)6-9(16)12(11(10)14)17-7-4-2-1-3-5-7/h1-6,17H,15-16H2. The Hall–Kier alpha value is -1.94. The van der Waals surface area contributed by atoms with Crippen LogP contribution in [0.5, 0.6) is 0 Å². The Morgan fingerprint density at radius 3 is 2.35 bits per heavy atom. The van der Waals surface area contributed by atoms with Crippen molar-refractivity contribution in [1.82, 2.24) is 0 Å². The number of anilines is 4. The molecule has 0 spiro atoms. The Kier molecular flexibility index (Phi) is 3.06. The van der Waals surface area contributed by atoms with Crippen molar-refractivity contribution in [2.75, 3.05) is 16.8 Å². The molecule has 0 fully saturated rings. The zero-order valence-electron chi connectivity index (χ0n) is 8.87. The first-order chi connectivity index (χ1) is 8.09. The maximum Gasteiger partial charge on any atom is 0.169 e. The molecule has 0 aliphatic carbocycles. The molecule has 0 amide bonds. The fourth-order valence-corrected chi connectivity index (χ4v) is 1.61. The SMILES string of the molecule is Nc1cc(N)c(Nc2ccccc2)c(F)c1Cl. The van der Waals surface area contributed by atoms with Crippen LogP contribution in [-0.2, 0) is 0 Å². The monoisotopic (exact) mass is 251 g/mol. The molecule has 3 nitrogen and oxygen atoms in total. The third kappa shape index (κ3) is 2.26. The second-order valence-electron chi connectivity index (χ2n) is 3.55. The lowest BCUT2D eigenvalue weighted by Gasteiger charge is -2.12. The van der Waals surface area contributed by atoms with E-state index in [1.807, 2.05) is 18.2 Å². The van der Waals surface area contributed by atoms with Crippen molar-refractivity contribution in [1.29, 1.82) is 0 Å². The van der Waals surface area contributed by atoms with Crippen LogP contribution in [-0.4, -0.2) is 0 Å². The molecule has 0 unspecified atom stereocenters. The minimum absolute atomic E-state index is 0.125. The van der Waals surface area contributed by atoms with Crippen LogP contribution in [0.3, 0.4) is 0 Å². The molecular formula is C12H11ClFN3. The van der Waals surface area contributed by atoms with Gasteiger partial charge in [-0.3, -0.25) is 0 Å². The molecule has 0 radical (unpaired) electrons. The van der Waals surface area contributed by atoms with Gasteiger partial charge in [-0.2, -0.15) is 0 Å². The molecule has 0 saturated heterocycles. The highest BCUT2D eigenvalue weighted by Gasteiger charge is 2.14. The van der Waals surface area contributed by atoms with E-state index in [0.717, 1.165) is 5.69 Å². The number of rotatable bonds is 2. The molecule has 2 rings (SSSR count). The molecule has 5 heteroatoms. The van der Waals surface area contributed by atoms with Crippen LogP contribution in [0.4, 0.5) is 27.1 Å². The van der Waals surface area contributed by atoms with Gasteiger partial charge in [0.05, 0.1) is 17.1 Å². The first-order valence-corrected chi connectivity index (χ1v) is 5.32. The summed E-state index contributed by atoms with van der Waals surface area (Å²) in [6.07, 6.45) is 0. The van der Waals surface area contributed by atoms with Crippen molar-refractivity contribution < 1.29 is 4.39 Å². The summed E-state index contributed by atoms with van der Waals surface area (Å²) in [4.78, 5) is 0. The largest absolute Gasteiger partial charge is 0.397 e. The number of para-hydroxylation sites is 1. The van der Waals surface area contributed by atoms with Crippen molar-refractivity contribution in [3.63, 3.8) is 0 Å². The average Bonchev–Trinajstić information content (AvgIpc) is 2.33. The molecule has 0 aliphatic heterocycles. The van der Waals surface area contributed by atoms with Crippen molar-refractivity contribution in [3.8, 4) is 0 Å². The van der Waals surface area contributed by atoms with Gasteiger partial charge >= 0.3 is 0 Å². The Labute approximate surface area is 103 Å².